The van der Waals surface area contributed by atoms with Crippen LogP contribution >= 0.6 is 0 Å². The fourth-order valence-electron chi connectivity index (χ4n) is 1.59. The third-order valence-electron chi connectivity index (χ3n) is 3.66. The van der Waals surface area contributed by atoms with E-state index in [1.807, 2.05) is 6.92 Å². The highest BCUT2D eigenvalue weighted by Gasteiger charge is 2.59. The molecule has 0 heterocycles. The molecule has 1 aliphatic carbocycles. The third kappa shape index (κ3) is 2.16. The monoisotopic (exact) mass is 216 g/mol. The van der Waals surface area contributed by atoms with Gasteiger partial charge in [-0.15, -0.1) is 0 Å². The van der Waals surface area contributed by atoms with Gasteiger partial charge in [-0.05, 0) is 33.6 Å². The first-order valence-corrected chi connectivity index (χ1v) is 5.32. The van der Waals surface area contributed by atoms with Crippen LogP contribution in [0.5, 0.6) is 0 Å². The standard InChI is InChI=1S/C11H20O4/c1-7(12)8(2)15-11(4,9(13)14)10(3)5-6-10/h7-8,12H,5-6H2,1-4H3,(H,13,14). The lowest BCUT2D eigenvalue weighted by atomic mass is 9.87. The van der Waals surface area contributed by atoms with Crippen LogP contribution in [-0.2, 0) is 9.53 Å². The smallest absolute Gasteiger partial charge is 0.336 e. The van der Waals surface area contributed by atoms with Gasteiger partial charge in [0.2, 0.25) is 0 Å². The lowest BCUT2D eigenvalue weighted by molar-refractivity contribution is -0.189. The summed E-state index contributed by atoms with van der Waals surface area (Å²) in [7, 11) is 0. The zero-order chi connectivity index (χ0) is 11.9. The van der Waals surface area contributed by atoms with Gasteiger partial charge in [-0.2, -0.15) is 0 Å². The lowest BCUT2D eigenvalue weighted by Crippen LogP contribution is -2.49. The first kappa shape index (κ1) is 12.5. The molecule has 4 nitrogen and oxygen atoms in total. The molecule has 1 aliphatic rings. The van der Waals surface area contributed by atoms with E-state index in [1.165, 1.54) is 0 Å². The minimum Gasteiger partial charge on any atom is -0.479 e. The van der Waals surface area contributed by atoms with Gasteiger partial charge in [0.15, 0.2) is 5.60 Å². The van der Waals surface area contributed by atoms with Gasteiger partial charge in [-0.3, -0.25) is 0 Å². The van der Waals surface area contributed by atoms with E-state index in [4.69, 9.17) is 4.74 Å². The molecule has 0 amide bonds. The summed E-state index contributed by atoms with van der Waals surface area (Å²) in [4.78, 5) is 11.3. The Morgan fingerprint density at radius 2 is 1.93 bits per heavy atom. The van der Waals surface area contributed by atoms with Crippen molar-refractivity contribution < 1.29 is 19.7 Å². The van der Waals surface area contributed by atoms with Crippen molar-refractivity contribution in [2.24, 2.45) is 5.41 Å². The highest BCUT2D eigenvalue weighted by Crippen LogP contribution is 2.55. The molecular formula is C11H20O4. The van der Waals surface area contributed by atoms with Gasteiger partial charge in [0.1, 0.15) is 0 Å². The van der Waals surface area contributed by atoms with Crippen LogP contribution < -0.4 is 0 Å². The van der Waals surface area contributed by atoms with Crippen LogP contribution in [0.4, 0.5) is 0 Å². The van der Waals surface area contributed by atoms with Crippen LogP contribution in [0.2, 0.25) is 0 Å². The summed E-state index contributed by atoms with van der Waals surface area (Å²) < 4.78 is 5.54. The Morgan fingerprint density at radius 3 is 2.20 bits per heavy atom. The van der Waals surface area contributed by atoms with Crippen molar-refractivity contribution in [3.63, 3.8) is 0 Å². The van der Waals surface area contributed by atoms with Crippen LogP contribution in [0, 0.1) is 5.41 Å². The quantitative estimate of drug-likeness (QED) is 0.729. The number of ether oxygens (including phenoxy) is 1. The zero-order valence-electron chi connectivity index (χ0n) is 9.78. The average Bonchev–Trinajstić information content (AvgIpc) is 2.84. The first-order valence-electron chi connectivity index (χ1n) is 5.32. The van der Waals surface area contributed by atoms with E-state index in [-0.39, 0.29) is 5.41 Å². The molecular weight excluding hydrogens is 196 g/mol. The molecule has 0 aromatic rings. The molecule has 1 rings (SSSR count). The van der Waals surface area contributed by atoms with Gasteiger partial charge in [0, 0.05) is 5.41 Å². The average molecular weight is 216 g/mol. The van der Waals surface area contributed by atoms with Crippen LogP contribution in [0.15, 0.2) is 0 Å². The number of aliphatic hydroxyl groups excluding tert-OH is 1. The summed E-state index contributed by atoms with van der Waals surface area (Å²) in [5, 5.41) is 18.6. The molecule has 1 fully saturated rings. The van der Waals surface area contributed by atoms with Crippen molar-refractivity contribution in [2.45, 2.75) is 58.3 Å². The predicted molar refractivity (Wildman–Crippen MR) is 55.6 cm³/mol. The van der Waals surface area contributed by atoms with E-state index < -0.39 is 23.8 Å². The van der Waals surface area contributed by atoms with E-state index in [9.17, 15) is 15.0 Å². The van der Waals surface area contributed by atoms with E-state index in [0.29, 0.717) is 0 Å². The second kappa shape index (κ2) is 3.76. The molecule has 3 unspecified atom stereocenters. The van der Waals surface area contributed by atoms with Crippen molar-refractivity contribution in [1.82, 2.24) is 0 Å². The molecule has 3 atom stereocenters. The Balaban J connectivity index is 2.79. The van der Waals surface area contributed by atoms with Gasteiger partial charge >= 0.3 is 5.97 Å². The summed E-state index contributed by atoms with van der Waals surface area (Å²) in [6.45, 7) is 6.80. The van der Waals surface area contributed by atoms with Gasteiger partial charge < -0.3 is 14.9 Å². The van der Waals surface area contributed by atoms with E-state index in [0.717, 1.165) is 12.8 Å². The Hall–Kier alpha value is -0.610. The van der Waals surface area contributed by atoms with Crippen LogP contribution in [0.25, 0.3) is 0 Å². The number of hydrogen-bond acceptors (Lipinski definition) is 3. The molecule has 0 bridgehead atoms. The van der Waals surface area contributed by atoms with E-state index in [1.54, 1.807) is 20.8 Å². The highest BCUT2D eigenvalue weighted by molar-refractivity contribution is 5.79. The Bertz CT molecular complexity index is 257. The fourth-order valence-corrected chi connectivity index (χ4v) is 1.59. The molecule has 0 saturated heterocycles. The molecule has 0 spiro atoms. The van der Waals surface area contributed by atoms with Crippen molar-refractivity contribution in [3.05, 3.63) is 0 Å². The minimum absolute atomic E-state index is 0.290. The molecule has 15 heavy (non-hydrogen) atoms. The number of rotatable bonds is 5. The maximum absolute atomic E-state index is 11.3. The van der Waals surface area contributed by atoms with Gasteiger partial charge in [-0.1, -0.05) is 6.92 Å². The fraction of sp³-hybridized carbons (Fsp3) is 0.909. The number of hydrogen-bond donors (Lipinski definition) is 2. The lowest BCUT2D eigenvalue weighted by Gasteiger charge is -2.35. The first-order chi connectivity index (χ1) is 6.73. The van der Waals surface area contributed by atoms with E-state index in [2.05, 4.69) is 0 Å². The maximum atomic E-state index is 11.3. The summed E-state index contributed by atoms with van der Waals surface area (Å²) in [5.74, 6) is -0.949. The molecule has 4 heteroatoms. The van der Waals surface area contributed by atoms with Crippen molar-refractivity contribution in [3.8, 4) is 0 Å². The number of carboxylic acids is 1. The summed E-state index contributed by atoms with van der Waals surface area (Å²) in [6, 6.07) is 0. The van der Waals surface area contributed by atoms with E-state index >= 15 is 0 Å². The Labute approximate surface area is 90.2 Å². The minimum atomic E-state index is -1.19. The van der Waals surface area contributed by atoms with Crippen molar-refractivity contribution in [2.75, 3.05) is 0 Å². The largest absolute Gasteiger partial charge is 0.479 e. The van der Waals surface area contributed by atoms with Crippen molar-refractivity contribution in [1.29, 1.82) is 0 Å². The molecule has 0 radical (unpaired) electrons. The van der Waals surface area contributed by atoms with Crippen LogP contribution in [-0.4, -0.2) is 34.0 Å². The third-order valence-corrected chi connectivity index (χ3v) is 3.66. The molecule has 0 aromatic carbocycles. The van der Waals surface area contributed by atoms with Gasteiger partial charge in [0.05, 0.1) is 12.2 Å². The molecule has 0 aromatic heterocycles. The van der Waals surface area contributed by atoms with Gasteiger partial charge in [0.25, 0.3) is 0 Å². The SMILES string of the molecule is CC(O)C(C)OC(C)(C(=O)O)C1(C)CC1. The van der Waals surface area contributed by atoms with Gasteiger partial charge in [-0.25, -0.2) is 4.79 Å². The second-order valence-corrected chi connectivity index (χ2v) is 4.96. The normalized spacial score (nSPS) is 26.5. The number of aliphatic hydroxyl groups is 1. The van der Waals surface area contributed by atoms with Crippen LogP contribution in [0.3, 0.4) is 0 Å². The summed E-state index contributed by atoms with van der Waals surface area (Å²) in [5.41, 5.74) is -1.48. The number of aliphatic carboxylic acids is 1. The van der Waals surface area contributed by atoms with Crippen LogP contribution in [0.1, 0.15) is 40.5 Å². The summed E-state index contributed by atoms with van der Waals surface area (Å²) in [6.07, 6.45) is 0.597. The number of carboxylic acid groups (broad SMARTS) is 1. The Kier molecular flexibility index (Phi) is 3.12. The second-order valence-electron chi connectivity index (χ2n) is 4.96. The highest BCUT2D eigenvalue weighted by atomic mass is 16.5. The molecule has 2 N–H and O–H groups in total. The number of carbonyl (C=O) groups is 1. The summed E-state index contributed by atoms with van der Waals surface area (Å²) >= 11 is 0. The molecule has 88 valence electrons. The maximum Gasteiger partial charge on any atom is 0.336 e. The van der Waals surface area contributed by atoms with Crippen molar-refractivity contribution >= 4 is 5.97 Å². The zero-order valence-corrected chi connectivity index (χ0v) is 9.78. The topological polar surface area (TPSA) is 66.8 Å². The Morgan fingerprint density at radius 1 is 1.47 bits per heavy atom. The molecule has 0 aliphatic heterocycles. The molecule has 1 saturated carbocycles. The predicted octanol–water partition coefficient (Wildman–Crippen LogP) is 1.42.